The van der Waals surface area contributed by atoms with Crippen molar-refractivity contribution in [2.75, 3.05) is 20.0 Å². The Morgan fingerprint density at radius 3 is 2.32 bits per heavy atom. The van der Waals surface area contributed by atoms with Crippen LogP contribution in [0.15, 0.2) is 16.6 Å². The van der Waals surface area contributed by atoms with E-state index in [4.69, 9.17) is 15.2 Å². The minimum Gasteiger partial charge on any atom is -0.495 e. The lowest BCUT2D eigenvalue weighted by Gasteiger charge is -2.14. The molecular weight excluding hydrogens is 310 g/mol. The molecule has 1 aromatic heterocycles. The first-order chi connectivity index (χ1) is 8.99. The average molecular weight is 326 g/mol. The average Bonchev–Trinajstić information content (AvgIpc) is 2.69. The molecule has 1 aromatic carbocycles. The van der Waals surface area contributed by atoms with Gasteiger partial charge in [-0.25, -0.2) is 0 Å². The molecule has 0 saturated heterocycles. The number of rotatable bonds is 3. The molecule has 6 heteroatoms. The Labute approximate surface area is 120 Å². The second-order valence-corrected chi connectivity index (χ2v) is 4.99. The van der Waals surface area contributed by atoms with Crippen molar-refractivity contribution < 1.29 is 9.47 Å². The second-order valence-electron chi connectivity index (χ2n) is 4.20. The fourth-order valence-corrected chi connectivity index (χ4v) is 2.85. The number of anilines is 1. The first-order valence-corrected chi connectivity index (χ1v) is 6.49. The van der Waals surface area contributed by atoms with E-state index in [1.54, 1.807) is 25.9 Å². The fourth-order valence-electron chi connectivity index (χ4n) is 2.00. The van der Waals surface area contributed by atoms with Gasteiger partial charge in [-0.3, -0.25) is 4.68 Å². The number of hydrogen-bond acceptors (Lipinski definition) is 4. The van der Waals surface area contributed by atoms with Crippen LogP contribution in [0.25, 0.3) is 11.3 Å². The standard InChI is InChI=1S/C13H16BrN3O2/c1-7-5-8(9-6-10(15)17(2)16-9)13(19-4)11(14)12(7)18-3/h5-6H,15H2,1-4H3. The summed E-state index contributed by atoms with van der Waals surface area (Å²) in [5.74, 6) is 2.03. The number of halogens is 1. The summed E-state index contributed by atoms with van der Waals surface area (Å²) in [5.41, 5.74) is 8.46. The lowest BCUT2D eigenvalue weighted by Crippen LogP contribution is -1.98. The number of methoxy groups -OCH3 is 2. The van der Waals surface area contributed by atoms with Crippen LogP contribution in [0.5, 0.6) is 11.5 Å². The molecule has 19 heavy (non-hydrogen) atoms. The predicted octanol–water partition coefficient (Wildman–Crippen LogP) is 2.76. The van der Waals surface area contributed by atoms with Gasteiger partial charge in [0.15, 0.2) is 0 Å². The number of benzene rings is 1. The summed E-state index contributed by atoms with van der Waals surface area (Å²) in [7, 11) is 5.05. The van der Waals surface area contributed by atoms with Crippen LogP contribution in [0, 0.1) is 6.92 Å². The number of aryl methyl sites for hydroxylation is 2. The molecule has 0 radical (unpaired) electrons. The normalized spacial score (nSPS) is 10.6. The molecule has 0 aliphatic heterocycles. The Morgan fingerprint density at radius 1 is 1.21 bits per heavy atom. The van der Waals surface area contributed by atoms with Gasteiger partial charge in [-0.05, 0) is 34.5 Å². The van der Waals surface area contributed by atoms with E-state index in [-0.39, 0.29) is 0 Å². The van der Waals surface area contributed by atoms with E-state index in [1.807, 2.05) is 19.1 Å². The molecule has 0 fully saturated rings. The first kappa shape index (κ1) is 13.7. The smallest absolute Gasteiger partial charge is 0.146 e. The predicted molar refractivity (Wildman–Crippen MR) is 78.6 cm³/mol. The van der Waals surface area contributed by atoms with E-state index < -0.39 is 0 Å². The third kappa shape index (κ3) is 2.28. The molecule has 102 valence electrons. The molecule has 0 aliphatic carbocycles. The van der Waals surface area contributed by atoms with Crippen molar-refractivity contribution in [3.8, 4) is 22.8 Å². The molecule has 2 N–H and O–H groups in total. The first-order valence-electron chi connectivity index (χ1n) is 5.70. The SMILES string of the molecule is COc1c(C)cc(-c2cc(N)n(C)n2)c(OC)c1Br. The molecule has 0 atom stereocenters. The maximum atomic E-state index is 5.82. The van der Waals surface area contributed by atoms with Gasteiger partial charge in [0.25, 0.3) is 0 Å². The van der Waals surface area contributed by atoms with Crippen LogP contribution in [0.2, 0.25) is 0 Å². The van der Waals surface area contributed by atoms with E-state index in [0.29, 0.717) is 11.6 Å². The number of nitrogens with two attached hydrogens (primary N) is 1. The Hall–Kier alpha value is -1.69. The highest BCUT2D eigenvalue weighted by Crippen LogP contribution is 2.43. The van der Waals surface area contributed by atoms with Gasteiger partial charge in [-0.2, -0.15) is 5.10 Å². The molecule has 0 aliphatic rings. The van der Waals surface area contributed by atoms with Gasteiger partial charge >= 0.3 is 0 Å². The van der Waals surface area contributed by atoms with Crippen LogP contribution >= 0.6 is 15.9 Å². The van der Waals surface area contributed by atoms with Crippen molar-refractivity contribution in [1.82, 2.24) is 9.78 Å². The summed E-state index contributed by atoms with van der Waals surface area (Å²) in [6.07, 6.45) is 0. The second kappa shape index (κ2) is 5.13. The summed E-state index contributed by atoms with van der Waals surface area (Å²) >= 11 is 3.51. The molecule has 2 rings (SSSR count). The maximum Gasteiger partial charge on any atom is 0.146 e. The topological polar surface area (TPSA) is 62.3 Å². The van der Waals surface area contributed by atoms with Crippen molar-refractivity contribution in [3.63, 3.8) is 0 Å². The van der Waals surface area contributed by atoms with Gasteiger partial charge in [-0.15, -0.1) is 0 Å². The number of ether oxygens (including phenoxy) is 2. The van der Waals surface area contributed by atoms with Crippen molar-refractivity contribution in [2.24, 2.45) is 7.05 Å². The number of nitrogens with zero attached hydrogens (tertiary/aromatic N) is 2. The van der Waals surface area contributed by atoms with E-state index in [0.717, 1.165) is 27.0 Å². The van der Waals surface area contributed by atoms with Gasteiger partial charge in [0, 0.05) is 18.7 Å². The zero-order valence-corrected chi connectivity index (χ0v) is 12.9. The van der Waals surface area contributed by atoms with Crippen LogP contribution in [0.3, 0.4) is 0 Å². The summed E-state index contributed by atoms with van der Waals surface area (Å²) in [6, 6.07) is 3.79. The third-order valence-corrected chi connectivity index (χ3v) is 3.68. The van der Waals surface area contributed by atoms with Gasteiger partial charge in [0.05, 0.1) is 19.9 Å². The largest absolute Gasteiger partial charge is 0.495 e. The highest BCUT2D eigenvalue weighted by atomic mass is 79.9. The highest BCUT2D eigenvalue weighted by molar-refractivity contribution is 9.10. The molecule has 0 bridgehead atoms. The molecule has 1 heterocycles. The number of hydrogen-bond donors (Lipinski definition) is 1. The minimum atomic E-state index is 0.599. The number of aromatic nitrogens is 2. The Kier molecular flexibility index (Phi) is 3.71. The summed E-state index contributed by atoms with van der Waals surface area (Å²) < 4.78 is 13.2. The van der Waals surface area contributed by atoms with Crippen LogP contribution in [0.4, 0.5) is 5.82 Å². The number of nitrogen functional groups attached to an aromatic ring is 1. The molecule has 0 saturated carbocycles. The Bertz CT molecular complexity index is 603. The Morgan fingerprint density at radius 2 is 1.84 bits per heavy atom. The van der Waals surface area contributed by atoms with Gasteiger partial charge in [0.1, 0.15) is 21.8 Å². The van der Waals surface area contributed by atoms with E-state index in [2.05, 4.69) is 21.0 Å². The van der Waals surface area contributed by atoms with Crippen molar-refractivity contribution in [2.45, 2.75) is 6.92 Å². The van der Waals surface area contributed by atoms with Crippen LogP contribution < -0.4 is 15.2 Å². The van der Waals surface area contributed by atoms with E-state index in [1.165, 1.54) is 0 Å². The van der Waals surface area contributed by atoms with Crippen LogP contribution in [0.1, 0.15) is 5.56 Å². The van der Waals surface area contributed by atoms with Gasteiger partial charge in [-0.1, -0.05) is 0 Å². The summed E-state index contributed by atoms with van der Waals surface area (Å²) in [6.45, 7) is 1.97. The molecule has 0 amide bonds. The van der Waals surface area contributed by atoms with Crippen molar-refractivity contribution >= 4 is 21.7 Å². The minimum absolute atomic E-state index is 0.599. The molecule has 5 nitrogen and oxygen atoms in total. The third-order valence-electron chi connectivity index (χ3n) is 2.96. The molecule has 2 aromatic rings. The quantitative estimate of drug-likeness (QED) is 0.942. The van der Waals surface area contributed by atoms with Gasteiger partial charge in [0.2, 0.25) is 0 Å². The van der Waals surface area contributed by atoms with Gasteiger partial charge < -0.3 is 15.2 Å². The molecule has 0 unspecified atom stereocenters. The molecular formula is C13H16BrN3O2. The zero-order chi connectivity index (χ0) is 14.2. The fraction of sp³-hybridized carbons (Fsp3) is 0.308. The molecule has 0 spiro atoms. The zero-order valence-electron chi connectivity index (χ0n) is 11.3. The van der Waals surface area contributed by atoms with E-state index >= 15 is 0 Å². The van der Waals surface area contributed by atoms with Crippen molar-refractivity contribution in [3.05, 3.63) is 22.2 Å². The monoisotopic (exact) mass is 325 g/mol. The maximum absolute atomic E-state index is 5.82. The lowest BCUT2D eigenvalue weighted by molar-refractivity contribution is 0.388. The van der Waals surface area contributed by atoms with Crippen LogP contribution in [-0.4, -0.2) is 24.0 Å². The van der Waals surface area contributed by atoms with Crippen molar-refractivity contribution in [1.29, 1.82) is 0 Å². The lowest BCUT2D eigenvalue weighted by atomic mass is 10.1. The summed E-state index contributed by atoms with van der Waals surface area (Å²) in [4.78, 5) is 0. The van der Waals surface area contributed by atoms with Crippen LogP contribution in [-0.2, 0) is 7.05 Å². The summed E-state index contributed by atoms with van der Waals surface area (Å²) in [5, 5.41) is 4.38. The highest BCUT2D eigenvalue weighted by Gasteiger charge is 2.19. The Balaban J connectivity index is 2.69. The van der Waals surface area contributed by atoms with E-state index in [9.17, 15) is 0 Å².